The Bertz CT molecular complexity index is 950. The van der Waals surface area contributed by atoms with Gasteiger partial charge in [-0.1, -0.05) is 28.9 Å². The number of halogens is 1. The molecule has 26 heavy (non-hydrogen) atoms. The first-order chi connectivity index (χ1) is 12.6. The highest BCUT2D eigenvalue weighted by atomic mass is 35.5. The maximum atomic E-state index is 12.6. The van der Waals surface area contributed by atoms with Crippen molar-refractivity contribution in [2.45, 2.75) is 26.2 Å². The van der Waals surface area contributed by atoms with E-state index in [2.05, 4.69) is 28.3 Å². The molecule has 5 nitrogen and oxygen atoms in total. The van der Waals surface area contributed by atoms with E-state index in [1.807, 2.05) is 24.0 Å². The molecule has 1 aromatic heterocycles. The monoisotopic (exact) mass is 367 g/mol. The van der Waals surface area contributed by atoms with Crippen LogP contribution in [-0.2, 0) is 17.6 Å². The zero-order valence-corrected chi connectivity index (χ0v) is 15.2. The molecule has 0 bridgehead atoms. The van der Waals surface area contributed by atoms with Gasteiger partial charge < -0.3 is 9.42 Å². The SMILES string of the molecule is Cc1ccc2c(c1)N(C(=O)CCc1nc(-c3ccc(Cl)cc3)no1)CC2. The van der Waals surface area contributed by atoms with Crippen molar-refractivity contribution in [2.24, 2.45) is 0 Å². The summed E-state index contributed by atoms with van der Waals surface area (Å²) in [6.45, 7) is 2.77. The zero-order valence-electron chi connectivity index (χ0n) is 14.4. The van der Waals surface area contributed by atoms with Gasteiger partial charge in [-0.25, -0.2) is 0 Å². The molecule has 0 atom stereocenters. The second-order valence-corrected chi connectivity index (χ2v) is 6.88. The topological polar surface area (TPSA) is 59.2 Å². The molecule has 1 aliphatic heterocycles. The lowest BCUT2D eigenvalue weighted by Gasteiger charge is -2.17. The molecule has 0 spiro atoms. The lowest BCUT2D eigenvalue weighted by Crippen LogP contribution is -2.29. The Labute approximate surface area is 156 Å². The Hall–Kier alpha value is -2.66. The van der Waals surface area contributed by atoms with Crippen LogP contribution in [0.15, 0.2) is 47.0 Å². The fourth-order valence-electron chi connectivity index (χ4n) is 3.17. The molecule has 132 valence electrons. The van der Waals surface area contributed by atoms with Crippen LogP contribution in [0.2, 0.25) is 5.02 Å². The highest BCUT2D eigenvalue weighted by Crippen LogP contribution is 2.29. The van der Waals surface area contributed by atoms with Gasteiger partial charge in [-0.3, -0.25) is 4.79 Å². The number of aromatic nitrogens is 2. The van der Waals surface area contributed by atoms with E-state index in [1.54, 1.807) is 12.1 Å². The normalized spacial score (nSPS) is 13.1. The van der Waals surface area contributed by atoms with Gasteiger partial charge >= 0.3 is 0 Å². The van der Waals surface area contributed by atoms with Crippen LogP contribution in [0.1, 0.15) is 23.4 Å². The number of rotatable bonds is 4. The van der Waals surface area contributed by atoms with Crippen LogP contribution in [0.3, 0.4) is 0 Å². The molecule has 0 N–H and O–H groups in total. The number of amides is 1. The van der Waals surface area contributed by atoms with Crippen LogP contribution in [0.4, 0.5) is 5.69 Å². The predicted molar refractivity (Wildman–Crippen MR) is 100 cm³/mol. The van der Waals surface area contributed by atoms with Gasteiger partial charge in [0.05, 0.1) is 0 Å². The minimum atomic E-state index is 0.0839. The van der Waals surface area contributed by atoms with E-state index in [-0.39, 0.29) is 5.91 Å². The number of nitrogens with zero attached hydrogens (tertiary/aromatic N) is 3. The molecule has 1 amide bonds. The number of hydrogen-bond donors (Lipinski definition) is 0. The van der Waals surface area contributed by atoms with E-state index in [4.69, 9.17) is 16.1 Å². The lowest BCUT2D eigenvalue weighted by molar-refractivity contribution is -0.118. The van der Waals surface area contributed by atoms with E-state index in [1.165, 1.54) is 5.56 Å². The van der Waals surface area contributed by atoms with Gasteiger partial charge in [-0.15, -0.1) is 0 Å². The van der Waals surface area contributed by atoms with Crippen molar-refractivity contribution in [1.82, 2.24) is 10.1 Å². The van der Waals surface area contributed by atoms with Crippen LogP contribution in [0.25, 0.3) is 11.4 Å². The van der Waals surface area contributed by atoms with Gasteiger partial charge in [0.25, 0.3) is 0 Å². The predicted octanol–water partition coefficient (Wildman–Crippen LogP) is 4.22. The van der Waals surface area contributed by atoms with E-state index < -0.39 is 0 Å². The number of hydrogen-bond acceptors (Lipinski definition) is 4. The molecule has 0 saturated heterocycles. The van der Waals surface area contributed by atoms with Gasteiger partial charge in [-0.05, 0) is 54.8 Å². The number of carbonyl (C=O) groups is 1. The number of aryl methyl sites for hydroxylation is 2. The van der Waals surface area contributed by atoms with Crippen molar-refractivity contribution >= 4 is 23.2 Å². The summed E-state index contributed by atoms with van der Waals surface area (Å²) >= 11 is 5.89. The summed E-state index contributed by atoms with van der Waals surface area (Å²) in [7, 11) is 0. The van der Waals surface area contributed by atoms with E-state index in [0.717, 1.165) is 29.8 Å². The largest absolute Gasteiger partial charge is 0.339 e. The highest BCUT2D eigenvalue weighted by Gasteiger charge is 2.24. The molecule has 2 heterocycles. The fraction of sp³-hybridized carbons (Fsp3) is 0.250. The molecular formula is C20H18ClN3O2. The second-order valence-electron chi connectivity index (χ2n) is 6.45. The Morgan fingerprint density at radius 3 is 2.85 bits per heavy atom. The van der Waals surface area contributed by atoms with Crippen molar-refractivity contribution in [3.63, 3.8) is 0 Å². The Morgan fingerprint density at radius 2 is 2.04 bits per heavy atom. The molecular weight excluding hydrogens is 350 g/mol. The first kappa shape index (κ1) is 16.8. The van der Waals surface area contributed by atoms with Gasteiger partial charge in [-0.2, -0.15) is 4.98 Å². The van der Waals surface area contributed by atoms with Crippen molar-refractivity contribution in [1.29, 1.82) is 0 Å². The number of anilines is 1. The number of benzene rings is 2. The second kappa shape index (κ2) is 6.92. The minimum absolute atomic E-state index is 0.0839. The molecule has 3 aromatic rings. The Kier molecular flexibility index (Phi) is 4.47. The van der Waals surface area contributed by atoms with Crippen molar-refractivity contribution in [3.8, 4) is 11.4 Å². The van der Waals surface area contributed by atoms with Crippen LogP contribution in [0, 0.1) is 6.92 Å². The molecule has 0 unspecified atom stereocenters. The molecule has 0 radical (unpaired) electrons. The summed E-state index contributed by atoms with van der Waals surface area (Å²) < 4.78 is 5.29. The molecule has 6 heteroatoms. The third-order valence-corrected chi connectivity index (χ3v) is 4.81. The number of fused-ring (bicyclic) bond motifs is 1. The average molecular weight is 368 g/mol. The number of carbonyl (C=O) groups excluding carboxylic acids is 1. The third-order valence-electron chi connectivity index (χ3n) is 4.56. The standard InChI is InChI=1S/C20H18ClN3O2/c1-13-2-3-14-10-11-24(17(14)12-13)19(25)9-8-18-22-20(23-26-18)15-4-6-16(21)7-5-15/h2-7,12H,8-11H2,1H3. The summed E-state index contributed by atoms with van der Waals surface area (Å²) in [6.07, 6.45) is 1.68. The minimum Gasteiger partial charge on any atom is -0.339 e. The Morgan fingerprint density at radius 1 is 1.23 bits per heavy atom. The molecule has 1 aliphatic rings. The first-order valence-corrected chi connectivity index (χ1v) is 8.96. The molecule has 4 rings (SSSR count). The summed E-state index contributed by atoms with van der Waals surface area (Å²) in [6, 6.07) is 13.5. The summed E-state index contributed by atoms with van der Waals surface area (Å²) in [4.78, 5) is 18.9. The quantitative estimate of drug-likeness (QED) is 0.692. The van der Waals surface area contributed by atoms with Crippen LogP contribution in [0.5, 0.6) is 0 Å². The van der Waals surface area contributed by atoms with Gasteiger partial charge in [0.1, 0.15) is 0 Å². The smallest absolute Gasteiger partial charge is 0.227 e. The first-order valence-electron chi connectivity index (χ1n) is 8.58. The summed E-state index contributed by atoms with van der Waals surface area (Å²) in [5.41, 5.74) is 4.25. The van der Waals surface area contributed by atoms with Crippen LogP contribution in [-0.4, -0.2) is 22.6 Å². The zero-order chi connectivity index (χ0) is 18.1. The maximum absolute atomic E-state index is 12.6. The van der Waals surface area contributed by atoms with Gasteiger partial charge in [0, 0.05) is 35.7 Å². The Balaban J connectivity index is 1.42. The van der Waals surface area contributed by atoms with Gasteiger partial charge in [0.15, 0.2) is 0 Å². The molecule has 0 aliphatic carbocycles. The summed E-state index contributed by atoms with van der Waals surface area (Å²) in [5.74, 6) is 1.05. The van der Waals surface area contributed by atoms with E-state index in [0.29, 0.717) is 29.6 Å². The third kappa shape index (κ3) is 3.35. The van der Waals surface area contributed by atoms with E-state index in [9.17, 15) is 4.79 Å². The molecule has 0 saturated carbocycles. The van der Waals surface area contributed by atoms with Crippen molar-refractivity contribution in [3.05, 3.63) is 64.5 Å². The highest BCUT2D eigenvalue weighted by molar-refractivity contribution is 6.30. The lowest BCUT2D eigenvalue weighted by atomic mass is 10.1. The summed E-state index contributed by atoms with van der Waals surface area (Å²) in [5, 5.41) is 4.64. The van der Waals surface area contributed by atoms with Gasteiger partial charge in [0.2, 0.25) is 17.6 Å². The van der Waals surface area contributed by atoms with Crippen LogP contribution < -0.4 is 4.90 Å². The van der Waals surface area contributed by atoms with Crippen molar-refractivity contribution < 1.29 is 9.32 Å². The van der Waals surface area contributed by atoms with Crippen LogP contribution >= 0.6 is 11.6 Å². The fourth-order valence-corrected chi connectivity index (χ4v) is 3.30. The van der Waals surface area contributed by atoms with E-state index >= 15 is 0 Å². The average Bonchev–Trinajstić information content (AvgIpc) is 3.27. The maximum Gasteiger partial charge on any atom is 0.227 e. The molecule has 0 fully saturated rings. The molecule has 2 aromatic carbocycles. The van der Waals surface area contributed by atoms with Crippen molar-refractivity contribution in [2.75, 3.05) is 11.4 Å².